The van der Waals surface area contributed by atoms with E-state index in [9.17, 15) is 9.18 Å². The van der Waals surface area contributed by atoms with Crippen molar-refractivity contribution >= 4 is 23.0 Å². The van der Waals surface area contributed by atoms with Gasteiger partial charge in [0.25, 0.3) is 0 Å². The molecule has 0 bridgehead atoms. The highest BCUT2D eigenvalue weighted by atomic mass is 32.1. The minimum Gasteiger partial charge on any atom is -0.356 e. The maximum absolute atomic E-state index is 13.0. The number of rotatable bonds is 3. The van der Waals surface area contributed by atoms with Crippen molar-refractivity contribution in [2.75, 3.05) is 13.1 Å². The number of carbonyl (C=O) groups is 1. The first-order chi connectivity index (χ1) is 8.41. The number of benzene rings is 1. The Morgan fingerprint density at radius 2 is 2.28 bits per heavy atom. The molecule has 5 heteroatoms. The standard InChI is InChI=1S/C13H15FN2OS/c1-13(15)11(17)8-16(12(13)18)6-5-9-3-2-4-10(14)7-9/h2-4,7H,5-6,8,15H2,1H3. The van der Waals surface area contributed by atoms with Crippen molar-refractivity contribution in [1.82, 2.24) is 4.90 Å². The number of thiocarbonyl (C=S) groups is 1. The first-order valence-electron chi connectivity index (χ1n) is 5.77. The van der Waals surface area contributed by atoms with Crippen LogP contribution in [0.1, 0.15) is 12.5 Å². The minimum atomic E-state index is -1.03. The molecule has 0 radical (unpaired) electrons. The lowest BCUT2D eigenvalue weighted by Crippen LogP contribution is -2.48. The van der Waals surface area contributed by atoms with Gasteiger partial charge in [-0.25, -0.2) is 4.39 Å². The molecule has 0 spiro atoms. The van der Waals surface area contributed by atoms with Gasteiger partial charge in [0.05, 0.1) is 6.54 Å². The molecule has 1 atom stereocenters. The summed E-state index contributed by atoms with van der Waals surface area (Å²) in [6.07, 6.45) is 0.640. The summed E-state index contributed by atoms with van der Waals surface area (Å²) in [5.74, 6) is -0.317. The molecule has 1 heterocycles. The predicted octanol–water partition coefficient (Wildman–Crippen LogP) is 1.30. The predicted molar refractivity (Wildman–Crippen MR) is 71.9 cm³/mol. The molecule has 1 aromatic carbocycles. The summed E-state index contributed by atoms with van der Waals surface area (Å²) in [4.78, 5) is 13.9. The zero-order chi connectivity index (χ0) is 13.3. The summed E-state index contributed by atoms with van der Waals surface area (Å²) < 4.78 is 13.0. The molecule has 18 heavy (non-hydrogen) atoms. The molecule has 1 aromatic rings. The highest BCUT2D eigenvalue weighted by molar-refractivity contribution is 7.80. The molecule has 1 aliphatic rings. The lowest BCUT2D eigenvalue weighted by atomic mass is 10.0. The molecular formula is C13H15FN2OS. The van der Waals surface area contributed by atoms with Crippen LogP contribution < -0.4 is 5.73 Å². The molecule has 1 saturated heterocycles. The summed E-state index contributed by atoms with van der Waals surface area (Å²) in [7, 11) is 0. The quantitative estimate of drug-likeness (QED) is 0.838. The Kier molecular flexibility index (Phi) is 3.45. The molecule has 0 saturated carbocycles. The fourth-order valence-corrected chi connectivity index (χ4v) is 2.26. The second-order valence-corrected chi connectivity index (χ2v) is 5.12. The van der Waals surface area contributed by atoms with Crippen LogP contribution in [-0.4, -0.2) is 34.3 Å². The van der Waals surface area contributed by atoms with Gasteiger partial charge in [-0.05, 0) is 31.0 Å². The van der Waals surface area contributed by atoms with Crippen molar-refractivity contribution in [3.63, 3.8) is 0 Å². The van der Waals surface area contributed by atoms with Crippen LogP contribution in [0.3, 0.4) is 0 Å². The van der Waals surface area contributed by atoms with Crippen molar-refractivity contribution in [1.29, 1.82) is 0 Å². The lowest BCUT2D eigenvalue weighted by molar-refractivity contribution is -0.120. The van der Waals surface area contributed by atoms with Crippen LogP contribution in [0.2, 0.25) is 0 Å². The topological polar surface area (TPSA) is 46.3 Å². The van der Waals surface area contributed by atoms with E-state index in [1.165, 1.54) is 12.1 Å². The first kappa shape index (κ1) is 13.1. The van der Waals surface area contributed by atoms with Crippen LogP contribution in [0, 0.1) is 5.82 Å². The van der Waals surface area contributed by atoms with E-state index in [1.54, 1.807) is 17.9 Å². The number of halogens is 1. The molecule has 1 unspecified atom stereocenters. The van der Waals surface area contributed by atoms with E-state index in [0.29, 0.717) is 18.0 Å². The van der Waals surface area contributed by atoms with E-state index in [-0.39, 0.29) is 18.1 Å². The van der Waals surface area contributed by atoms with Crippen LogP contribution in [0.4, 0.5) is 4.39 Å². The smallest absolute Gasteiger partial charge is 0.178 e. The molecule has 0 aliphatic carbocycles. The van der Waals surface area contributed by atoms with Gasteiger partial charge in [-0.3, -0.25) is 4.79 Å². The summed E-state index contributed by atoms with van der Waals surface area (Å²) in [5, 5.41) is 0. The van der Waals surface area contributed by atoms with Gasteiger partial charge in [0, 0.05) is 6.54 Å². The average molecular weight is 266 g/mol. The van der Waals surface area contributed by atoms with E-state index in [1.807, 2.05) is 6.07 Å². The highest BCUT2D eigenvalue weighted by Gasteiger charge is 2.43. The molecule has 2 rings (SSSR count). The largest absolute Gasteiger partial charge is 0.356 e. The average Bonchev–Trinajstić information content (AvgIpc) is 2.50. The van der Waals surface area contributed by atoms with Crippen molar-refractivity contribution in [3.05, 3.63) is 35.6 Å². The Bertz CT molecular complexity index is 502. The zero-order valence-corrected chi connectivity index (χ0v) is 11.0. The van der Waals surface area contributed by atoms with Gasteiger partial charge < -0.3 is 10.6 Å². The Labute approximate surface area is 111 Å². The van der Waals surface area contributed by atoms with E-state index >= 15 is 0 Å². The van der Waals surface area contributed by atoms with Gasteiger partial charge >= 0.3 is 0 Å². The molecule has 1 aliphatic heterocycles. The minimum absolute atomic E-state index is 0.0632. The summed E-state index contributed by atoms with van der Waals surface area (Å²) in [5.41, 5.74) is 5.71. The van der Waals surface area contributed by atoms with E-state index in [2.05, 4.69) is 0 Å². The number of carbonyl (C=O) groups excluding carboxylic acids is 1. The van der Waals surface area contributed by atoms with E-state index in [4.69, 9.17) is 18.0 Å². The molecular weight excluding hydrogens is 251 g/mol. The molecule has 96 valence electrons. The lowest BCUT2D eigenvalue weighted by Gasteiger charge is -2.21. The van der Waals surface area contributed by atoms with Gasteiger partial charge in [-0.15, -0.1) is 0 Å². The summed E-state index contributed by atoms with van der Waals surface area (Å²) >= 11 is 5.20. The van der Waals surface area contributed by atoms with Crippen LogP contribution in [0.5, 0.6) is 0 Å². The third kappa shape index (κ3) is 2.42. The van der Waals surface area contributed by atoms with E-state index < -0.39 is 5.54 Å². The van der Waals surface area contributed by atoms with Crippen molar-refractivity contribution in [3.8, 4) is 0 Å². The van der Waals surface area contributed by atoms with Gasteiger partial charge in [0.2, 0.25) is 0 Å². The molecule has 0 amide bonds. The Morgan fingerprint density at radius 1 is 1.56 bits per heavy atom. The zero-order valence-electron chi connectivity index (χ0n) is 10.1. The molecule has 3 nitrogen and oxygen atoms in total. The second kappa shape index (κ2) is 4.74. The van der Waals surface area contributed by atoms with Crippen molar-refractivity contribution < 1.29 is 9.18 Å². The van der Waals surface area contributed by atoms with Gasteiger partial charge in [-0.1, -0.05) is 24.4 Å². The number of Topliss-reactive ketones (excluding diaryl/α,β-unsaturated/α-hetero) is 1. The Hall–Kier alpha value is -1.33. The van der Waals surface area contributed by atoms with Crippen molar-refractivity contribution in [2.24, 2.45) is 5.73 Å². The molecule has 0 aromatic heterocycles. The van der Waals surface area contributed by atoms with Gasteiger partial charge in [0.15, 0.2) is 5.78 Å². The van der Waals surface area contributed by atoms with E-state index in [0.717, 1.165) is 5.56 Å². The third-order valence-corrected chi connectivity index (χ3v) is 3.89. The fraction of sp³-hybridized carbons (Fsp3) is 0.385. The van der Waals surface area contributed by atoms with Crippen LogP contribution in [0.15, 0.2) is 24.3 Å². The first-order valence-corrected chi connectivity index (χ1v) is 6.18. The van der Waals surface area contributed by atoms with Crippen LogP contribution >= 0.6 is 12.2 Å². The summed E-state index contributed by atoms with van der Waals surface area (Å²) in [6.45, 7) is 2.47. The Morgan fingerprint density at radius 3 is 2.83 bits per heavy atom. The number of hydrogen-bond donors (Lipinski definition) is 1. The number of likely N-dealkylation sites (tertiary alicyclic amines) is 1. The van der Waals surface area contributed by atoms with Crippen LogP contribution in [-0.2, 0) is 11.2 Å². The molecule has 2 N–H and O–H groups in total. The normalized spacial score (nSPS) is 23.8. The Balaban J connectivity index is 2.00. The van der Waals surface area contributed by atoms with Crippen molar-refractivity contribution in [2.45, 2.75) is 18.9 Å². The van der Waals surface area contributed by atoms with Gasteiger partial charge in [-0.2, -0.15) is 0 Å². The number of nitrogens with two attached hydrogens (primary N) is 1. The SMILES string of the molecule is CC1(N)C(=O)CN(CCc2cccc(F)c2)C1=S. The molecule has 1 fully saturated rings. The van der Waals surface area contributed by atoms with Crippen LogP contribution in [0.25, 0.3) is 0 Å². The maximum Gasteiger partial charge on any atom is 0.178 e. The summed E-state index contributed by atoms with van der Waals surface area (Å²) in [6, 6.07) is 6.42. The fourth-order valence-electron chi connectivity index (χ4n) is 1.99. The number of nitrogens with zero attached hydrogens (tertiary/aromatic N) is 1. The third-order valence-electron chi connectivity index (χ3n) is 3.20. The monoisotopic (exact) mass is 266 g/mol. The maximum atomic E-state index is 13.0. The second-order valence-electron chi connectivity index (χ2n) is 4.73. The number of hydrogen-bond acceptors (Lipinski definition) is 3. The van der Waals surface area contributed by atoms with Gasteiger partial charge in [0.1, 0.15) is 16.3 Å². The highest BCUT2D eigenvalue weighted by Crippen LogP contribution is 2.18. The number of ketones is 1.